The molecule has 4 heteroatoms. The van der Waals surface area contributed by atoms with Gasteiger partial charge in [0.2, 0.25) is 5.91 Å². The van der Waals surface area contributed by atoms with Crippen molar-refractivity contribution in [2.24, 2.45) is 11.7 Å². The molecule has 2 rings (SSSR count). The monoisotopic (exact) mass is 239 g/mol. The number of rotatable bonds is 4. The summed E-state index contributed by atoms with van der Waals surface area (Å²) >= 11 is 0. The minimum atomic E-state index is 0.243. The highest BCUT2D eigenvalue weighted by Gasteiger charge is 2.24. The smallest absolute Gasteiger partial charge is 0.223 e. The van der Waals surface area contributed by atoms with Gasteiger partial charge in [0.15, 0.2) is 0 Å². The Balaban J connectivity index is 1.68. The predicted molar refractivity (Wildman–Crippen MR) is 68.6 cm³/mol. The van der Waals surface area contributed by atoms with Gasteiger partial charge in [-0.15, -0.1) is 0 Å². The van der Waals surface area contributed by atoms with E-state index in [1.165, 1.54) is 45.3 Å². The lowest BCUT2D eigenvalue weighted by molar-refractivity contribution is -0.132. The summed E-state index contributed by atoms with van der Waals surface area (Å²) in [4.78, 5) is 16.3. The van der Waals surface area contributed by atoms with Crippen LogP contribution in [0.3, 0.4) is 0 Å². The van der Waals surface area contributed by atoms with Crippen molar-refractivity contribution in [1.82, 2.24) is 9.80 Å². The third-order valence-corrected chi connectivity index (χ3v) is 4.04. The lowest BCUT2D eigenvalue weighted by atomic mass is 9.96. The maximum absolute atomic E-state index is 11.7. The SMILES string of the molecule is NCCC(=O)N1CCC(CN2CCCC2)CC1. The van der Waals surface area contributed by atoms with Crippen LogP contribution in [-0.2, 0) is 4.79 Å². The molecule has 0 bridgehead atoms. The third-order valence-electron chi connectivity index (χ3n) is 4.04. The average molecular weight is 239 g/mol. The molecule has 0 spiro atoms. The first-order valence-corrected chi connectivity index (χ1v) is 7.00. The van der Waals surface area contributed by atoms with E-state index in [1.54, 1.807) is 0 Å². The normalized spacial score (nSPS) is 23.2. The van der Waals surface area contributed by atoms with E-state index in [0.717, 1.165) is 19.0 Å². The van der Waals surface area contributed by atoms with E-state index in [0.29, 0.717) is 13.0 Å². The summed E-state index contributed by atoms with van der Waals surface area (Å²) in [6, 6.07) is 0. The second-order valence-electron chi connectivity index (χ2n) is 5.37. The molecule has 0 aliphatic carbocycles. The Labute approximate surface area is 104 Å². The Morgan fingerprint density at radius 3 is 2.35 bits per heavy atom. The van der Waals surface area contributed by atoms with Gasteiger partial charge in [0, 0.05) is 32.6 Å². The van der Waals surface area contributed by atoms with E-state index in [2.05, 4.69) is 4.90 Å². The zero-order valence-corrected chi connectivity index (χ0v) is 10.7. The van der Waals surface area contributed by atoms with Gasteiger partial charge in [0.25, 0.3) is 0 Å². The molecule has 2 fully saturated rings. The Kier molecular flexibility index (Phi) is 4.80. The molecule has 2 saturated heterocycles. The molecule has 2 aliphatic heterocycles. The summed E-state index contributed by atoms with van der Waals surface area (Å²) in [7, 11) is 0. The minimum Gasteiger partial charge on any atom is -0.343 e. The van der Waals surface area contributed by atoms with Crippen molar-refractivity contribution in [2.45, 2.75) is 32.1 Å². The number of likely N-dealkylation sites (tertiary alicyclic amines) is 2. The molecule has 0 aromatic rings. The van der Waals surface area contributed by atoms with Crippen LogP contribution in [0.1, 0.15) is 32.1 Å². The molecule has 98 valence electrons. The second kappa shape index (κ2) is 6.36. The molecule has 0 unspecified atom stereocenters. The zero-order valence-electron chi connectivity index (χ0n) is 10.7. The zero-order chi connectivity index (χ0) is 12.1. The molecule has 2 heterocycles. The fourth-order valence-corrected chi connectivity index (χ4v) is 2.98. The van der Waals surface area contributed by atoms with Crippen LogP contribution in [0.4, 0.5) is 0 Å². The highest BCUT2D eigenvalue weighted by atomic mass is 16.2. The lowest BCUT2D eigenvalue weighted by Gasteiger charge is -2.33. The minimum absolute atomic E-state index is 0.243. The standard InChI is InChI=1S/C13H25N3O/c14-6-3-13(17)16-9-4-12(5-10-16)11-15-7-1-2-8-15/h12H,1-11,14H2. The summed E-state index contributed by atoms with van der Waals surface area (Å²) < 4.78 is 0. The number of hydrogen-bond acceptors (Lipinski definition) is 3. The van der Waals surface area contributed by atoms with Crippen molar-refractivity contribution in [3.05, 3.63) is 0 Å². The summed E-state index contributed by atoms with van der Waals surface area (Å²) in [5.41, 5.74) is 5.42. The van der Waals surface area contributed by atoms with Crippen LogP contribution in [0, 0.1) is 5.92 Å². The van der Waals surface area contributed by atoms with Crippen LogP contribution in [0.15, 0.2) is 0 Å². The van der Waals surface area contributed by atoms with Gasteiger partial charge in [0.05, 0.1) is 0 Å². The molecular formula is C13H25N3O. The summed E-state index contributed by atoms with van der Waals surface area (Å²) in [6.07, 6.45) is 5.60. The molecule has 0 atom stereocenters. The Bertz CT molecular complexity index is 243. The highest BCUT2D eigenvalue weighted by molar-refractivity contribution is 5.76. The summed E-state index contributed by atoms with van der Waals surface area (Å²) in [6.45, 7) is 6.18. The molecule has 0 radical (unpaired) electrons. The molecule has 1 amide bonds. The molecule has 0 aromatic carbocycles. The van der Waals surface area contributed by atoms with E-state index in [9.17, 15) is 4.79 Å². The van der Waals surface area contributed by atoms with Crippen LogP contribution in [0.25, 0.3) is 0 Å². The fourth-order valence-electron chi connectivity index (χ4n) is 2.98. The van der Waals surface area contributed by atoms with Gasteiger partial charge in [0.1, 0.15) is 0 Å². The Morgan fingerprint density at radius 1 is 1.12 bits per heavy atom. The second-order valence-corrected chi connectivity index (χ2v) is 5.37. The fraction of sp³-hybridized carbons (Fsp3) is 0.923. The number of piperidine rings is 1. The van der Waals surface area contributed by atoms with Gasteiger partial charge in [-0.05, 0) is 44.7 Å². The van der Waals surface area contributed by atoms with E-state index in [1.807, 2.05) is 4.90 Å². The molecule has 4 nitrogen and oxygen atoms in total. The Hall–Kier alpha value is -0.610. The largest absolute Gasteiger partial charge is 0.343 e. The topological polar surface area (TPSA) is 49.6 Å². The van der Waals surface area contributed by atoms with Crippen molar-refractivity contribution in [3.63, 3.8) is 0 Å². The first-order chi connectivity index (χ1) is 8.29. The summed E-state index contributed by atoms with van der Waals surface area (Å²) in [5, 5.41) is 0. The molecule has 0 saturated carbocycles. The number of carbonyl (C=O) groups is 1. The molecule has 2 aliphatic rings. The van der Waals surface area contributed by atoms with Gasteiger partial charge in [-0.3, -0.25) is 4.79 Å². The number of nitrogens with two attached hydrogens (primary N) is 1. The number of hydrogen-bond donors (Lipinski definition) is 1. The average Bonchev–Trinajstić information content (AvgIpc) is 2.83. The highest BCUT2D eigenvalue weighted by Crippen LogP contribution is 2.20. The molecule has 2 N–H and O–H groups in total. The number of carbonyl (C=O) groups excluding carboxylic acids is 1. The van der Waals surface area contributed by atoms with Gasteiger partial charge in [-0.25, -0.2) is 0 Å². The van der Waals surface area contributed by atoms with E-state index in [-0.39, 0.29) is 5.91 Å². The van der Waals surface area contributed by atoms with Crippen LogP contribution in [0.2, 0.25) is 0 Å². The molecule has 17 heavy (non-hydrogen) atoms. The van der Waals surface area contributed by atoms with Crippen LogP contribution in [0.5, 0.6) is 0 Å². The van der Waals surface area contributed by atoms with E-state index >= 15 is 0 Å². The first-order valence-electron chi connectivity index (χ1n) is 7.00. The maximum Gasteiger partial charge on any atom is 0.223 e. The quantitative estimate of drug-likeness (QED) is 0.784. The van der Waals surface area contributed by atoms with Gasteiger partial charge < -0.3 is 15.5 Å². The first kappa shape index (κ1) is 12.8. The lowest BCUT2D eigenvalue weighted by Crippen LogP contribution is -2.41. The van der Waals surface area contributed by atoms with Crippen molar-refractivity contribution in [1.29, 1.82) is 0 Å². The Morgan fingerprint density at radius 2 is 1.76 bits per heavy atom. The van der Waals surface area contributed by atoms with Crippen LogP contribution >= 0.6 is 0 Å². The van der Waals surface area contributed by atoms with Gasteiger partial charge in [-0.2, -0.15) is 0 Å². The number of amides is 1. The van der Waals surface area contributed by atoms with Gasteiger partial charge in [-0.1, -0.05) is 0 Å². The molecule has 0 aromatic heterocycles. The van der Waals surface area contributed by atoms with E-state index < -0.39 is 0 Å². The van der Waals surface area contributed by atoms with Crippen molar-refractivity contribution in [3.8, 4) is 0 Å². The van der Waals surface area contributed by atoms with Crippen molar-refractivity contribution >= 4 is 5.91 Å². The van der Waals surface area contributed by atoms with E-state index in [4.69, 9.17) is 5.73 Å². The maximum atomic E-state index is 11.7. The predicted octanol–water partition coefficient (Wildman–Crippen LogP) is 0.670. The van der Waals surface area contributed by atoms with Crippen LogP contribution < -0.4 is 5.73 Å². The van der Waals surface area contributed by atoms with Crippen LogP contribution in [-0.4, -0.2) is 55.0 Å². The van der Waals surface area contributed by atoms with Crippen molar-refractivity contribution < 1.29 is 4.79 Å². The third kappa shape index (κ3) is 3.68. The number of nitrogens with zero attached hydrogens (tertiary/aromatic N) is 2. The van der Waals surface area contributed by atoms with Crippen molar-refractivity contribution in [2.75, 3.05) is 39.3 Å². The molecular weight excluding hydrogens is 214 g/mol. The van der Waals surface area contributed by atoms with Gasteiger partial charge >= 0.3 is 0 Å². The summed E-state index contributed by atoms with van der Waals surface area (Å²) in [5.74, 6) is 1.04.